The average Bonchev–Trinajstić information content (AvgIpc) is 2.70. The van der Waals surface area contributed by atoms with Crippen LogP contribution in [0.15, 0.2) is 12.2 Å². The normalized spacial score (nSPS) is 11.6. The van der Waals surface area contributed by atoms with E-state index in [0.717, 1.165) is 38.5 Å². The van der Waals surface area contributed by atoms with Crippen LogP contribution < -0.4 is 0 Å². The average molecular weight is 433 g/mol. The number of rotatable bonds is 21. The molecular weight excluding hydrogens is 391 g/mol. The fourth-order valence-electron chi connectivity index (χ4n) is 2.67. The van der Waals surface area contributed by atoms with Crippen LogP contribution in [0.2, 0.25) is 0 Å². The molecule has 0 atom stereocenters. The minimum absolute atomic E-state index is 0.120. The van der Waals surface area contributed by atoms with Crippen molar-refractivity contribution in [3.05, 3.63) is 12.2 Å². The van der Waals surface area contributed by atoms with Crippen molar-refractivity contribution in [2.75, 3.05) is 19.8 Å². The molecule has 170 valence electrons. The van der Waals surface area contributed by atoms with Crippen molar-refractivity contribution < 1.29 is 27.7 Å². The van der Waals surface area contributed by atoms with E-state index >= 15 is 0 Å². The molecule has 0 fully saturated rings. The molecule has 0 heterocycles. The van der Waals surface area contributed by atoms with Crippen molar-refractivity contribution in [2.24, 2.45) is 0 Å². The molecule has 0 radical (unpaired) electrons. The Hall–Kier alpha value is -0.810. The molecule has 0 saturated heterocycles. The molecule has 0 aromatic heterocycles. The Labute approximate surface area is 177 Å². The topological polar surface area (TPSA) is 78.9 Å². The van der Waals surface area contributed by atoms with E-state index in [4.69, 9.17) is 13.6 Å². The van der Waals surface area contributed by atoms with E-state index in [2.05, 4.69) is 20.4 Å². The maximum absolute atomic E-state index is 12.8. The zero-order valence-corrected chi connectivity index (χ0v) is 19.6. The van der Waals surface area contributed by atoms with Crippen molar-refractivity contribution in [3.8, 4) is 0 Å². The minimum Gasteiger partial charge on any atom is -0.288 e. The number of unbranched alkanes of at least 4 members (excludes halogenated alkanes) is 10. The Kier molecular flexibility index (Phi) is 17.5. The third-order valence-electron chi connectivity index (χ3n) is 4.49. The largest absolute Gasteiger partial charge is 0.475 e. The van der Waals surface area contributed by atoms with Crippen LogP contribution in [0, 0.1) is 0 Å². The molecule has 0 unspecified atom stereocenters. The van der Waals surface area contributed by atoms with Crippen molar-refractivity contribution in [1.82, 2.24) is 0 Å². The summed E-state index contributed by atoms with van der Waals surface area (Å²) in [5.74, 6) is -1.53. The van der Waals surface area contributed by atoms with Crippen LogP contribution in [-0.4, -0.2) is 31.4 Å². The van der Waals surface area contributed by atoms with Gasteiger partial charge in [-0.05, 0) is 25.3 Å². The van der Waals surface area contributed by atoms with Gasteiger partial charge < -0.3 is 0 Å². The number of phosphoric ester groups is 1. The molecule has 0 amide bonds. The smallest absolute Gasteiger partial charge is 0.288 e. The summed E-state index contributed by atoms with van der Waals surface area (Å²) in [6.07, 6.45) is 12.8. The van der Waals surface area contributed by atoms with Gasteiger partial charge in [-0.15, -0.1) is 0 Å². The van der Waals surface area contributed by atoms with Crippen LogP contribution in [0.4, 0.5) is 0 Å². The quantitative estimate of drug-likeness (QED) is 0.0882. The lowest BCUT2D eigenvalue weighted by Crippen LogP contribution is -2.20. The van der Waals surface area contributed by atoms with Gasteiger partial charge in [0.15, 0.2) is 0 Å². The van der Waals surface area contributed by atoms with E-state index in [1.54, 1.807) is 0 Å². The maximum Gasteiger partial charge on any atom is 0.475 e. The second kappa shape index (κ2) is 18.0. The molecule has 0 aromatic rings. The number of allylic oxidation sites excluding steroid dienone is 1. The molecule has 0 aliphatic rings. The van der Waals surface area contributed by atoms with Gasteiger partial charge in [0.1, 0.15) is 6.61 Å². The Morgan fingerprint density at radius 2 is 1.14 bits per heavy atom. The molecule has 0 aromatic carbocycles. The zero-order chi connectivity index (χ0) is 22.0. The van der Waals surface area contributed by atoms with Crippen LogP contribution in [0.1, 0.15) is 97.8 Å². The zero-order valence-electron chi connectivity index (χ0n) is 18.7. The highest BCUT2D eigenvalue weighted by molar-refractivity contribution is 7.48. The van der Waals surface area contributed by atoms with E-state index in [9.17, 15) is 14.2 Å². The molecule has 7 heteroatoms. The monoisotopic (exact) mass is 432 g/mol. The minimum atomic E-state index is -3.87. The lowest BCUT2D eigenvalue weighted by Gasteiger charge is -2.17. The third kappa shape index (κ3) is 15.7. The van der Waals surface area contributed by atoms with Crippen molar-refractivity contribution >= 4 is 19.4 Å². The highest BCUT2D eigenvalue weighted by atomic mass is 31.2. The highest BCUT2D eigenvalue weighted by Crippen LogP contribution is 2.49. The van der Waals surface area contributed by atoms with E-state index < -0.39 is 26.0 Å². The molecular formula is C22H41O6P. The number of hydrogen-bond acceptors (Lipinski definition) is 6. The SMILES string of the molecule is C=C(C)C(=O)C(=O)COP(=O)(OCCCCCCCC)OCCCCCCCC. The predicted molar refractivity (Wildman–Crippen MR) is 117 cm³/mol. The van der Waals surface area contributed by atoms with Crippen LogP contribution in [0.5, 0.6) is 0 Å². The van der Waals surface area contributed by atoms with Gasteiger partial charge in [0.2, 0.25) is 11.6 Å². The first-order valence-electron chi connectivity index (χ1n) is 11.1. The second-order valence-corrected chi connectivity index (χ2v) is 9.12. The van der Waals surface area contributed by atoms with E-state index in [0.29, 0.717) is 0 Å². The molecule has 6 nitrogen and oxygen atoms in total. The van der Waals surface area contributed by atoms with Gasteiger partial charge in [0, 0.05) is 0 Å². The molecule has 0 bridgehead atoms. The van der Waals surface area contributed by atoms with Crippen LogP contribution in [-0.2, 0) is 27.7 Å². The molecule has 0 aliphatic heterocycles. The maximum atomic E-state index is 12.8. The summed E-state index contributed by atoms with van der Waals surface area (Å²) in [6, 6.07) is 0. The van der Waals surface area contributed by atoms with E-state index in [-0.39, 0.29) is 18.8 Å². The summed E-state index contributed by atoms with van der Waals surface area (Å²) >= 11 is 0. The van der Waals surface area contributed by atoms with E-state index in [1.807, 2.05) is 0 Å². The second-order valence-electron chi connectivity index (χ2n) is 7.46. The molecule has 0 N–H and O–H groups in total. The fraction of sp³-hybridized carbons (Fsp3) is 0.818. The highest BCUT2D eigenvalue weighted by Gasteiger charge is 2.29. The Morgan fingerprint density at radius 1 is 0.724 bits per heavy atom. The van der Waals surface area contributed by atoms with Crippen LogP contribution in [0.25, 0.3) is 0 Å². The van der Waals surface area contributed by atoms with Gasteiger partial charge in [-0.3, -0.25) is 23.2 Å². The van der Waals surface area contributed by atoms with Gasteiger partial charge in [0.05, 0.1) is 13.2 Å². The van der Waals surface area contributed by atoms with E-state index in [1.165, 1.54) is 45.4 Å². The van der Waals surface area contributed by atoms with Crippen LogP contribution in [0.3, 0.4) is 0 Å². The summed E-state index contributed by atoms with van der Waals surface area (Å²) in [4.78, 5) is 23.4. The summed E-state index contributed by atoms with van der Waals surface area (Å²) < 4.78 is 28.8. The molecule has 0 saturated carbocycles. The number of Topliss-reactive ketones (excluding diaryl/α,β-unsaturated/α-hetero) is 2. The Morgan fingerprint density at radius 3 is 1.55 bits per heavy atom. The van der Waals surface area contributed by atoms with Crippen molar-refractivity contribution in [2.45, 2.75) is 97.8 Å². The fourth-order valence-corrected chi connectivity index (χ4v) is 3.87. The lowest BCUT2D eigenvalue weighted by molar-refractivity contribution is -0.135. The molecule has 0 aliphatic carbocycles. The van der Waals surface area contributed by atoms with Gasteiger partial charge in [-0.2, -0.15) is 0 Å². The summed E-state index contributed by atoms with van der Waals surface area (Å²) in [5, 5.41) is 0. The first kappa shape index (κ1) is 28.2. The summed E-state index contributed by atoms with van der Waals surface area (Å²) in [7, 11) is -3.87. The molecule has 0 spiro atoms. The Bertz CT molecular complexity index is 495. The standard InChI is InChI=1S/C22H41O6P/c1-5-7-9-11-13-15-17-26-29(25,27-18-16-14-12-10-8-6-2)28-19-21(23)22(24)20(3)4/h3,5-19H2,1-2,4H3. The number of ketones is 2. The lowest BCUT2D eigenvalue weighted by atomic mass is 10.1. The van der Waals surface area contributed by atoms with Crippen LogP contribution >= 0.6 is 7.82 Å². The molecule has 29 heavy (non-hydrogen) atoms. The number of carbonyl (C=O) groups is 2. The number of hydrogen-bond donors (Lipinski definition) is 0. The molecule has 0 rings (SSSR count). The van der Waals surface area contributed by atoms with Gasteiger partial charge in [0.25, 0.3) is 0 Å². The van der Waals surface area contributed by atoms with Crippen molar-refractivity contribution in [3.63, 3.8) is 0 Å². The first-order valence-corrected chi connectivity index (χ1v) is 12.6. The summed E-state index contributed by atoms with van der Waals surface area (Å²) in [6.45, 7) is 9.07. The number of phosphoric acid groups is 1. The summed E-state index contributed by atoms with van der Waals surface area (Å²) in [5.41, 5.74) is 0.120. The third-order valence-corrected chi connectivity index (χ3v) is 5.93. The first-order chi connectivity index (χ1) is 13.9. The van der Waals surface area contributed by atoms with Gasteiger partial charge >= 0.3 is 7.82 Å². The predicted octanol–water partition coefficient (Wildman–Crippen LogP) is 6.58. The van der Waals surface area contributed by atoms with Gasteiger partial charge in [-0.25, -0.2) is 4.57 Å². The number of carbonyl (C=O) groups excluding carboxylic acids is 2. The van der Waals surface area contributed by atoms with Crippen molar-refractivity contribution in [1.29, 1.82) is 0 Å². The van der Waals surface area contributed by atoms with Gasteiger partial charge in [-0.1, -0.05) is 84.6 Å². The Balaban J connectivity index is 4.41.